The van der Waals surface area contributed by atoms with E-state index in [0.717, 1.165) is 29.7 Å². The van der Waals surface area contributed by atoms with Crippen LogP contribution in [0, 0.1) is 5.92 Å². The van der Waals surface area contributed by atoms with E-state index in [4.69, 9.17) is 23.2 Å². The fourth-order valence-electron chi connectivity index (χ4n) is 3.33. The smallest absolute Gasteiger partial charge is 0.253 e. The molecule has 0 saturated heterocycles. The Bertz CT molecular complexity index is 1030. The third-order valence-corrected chi connectivity index (χ3v) is 5.38. The van der Waals surface area contributed by atoms with E-state index in [1.165, 1.54) is 6.07 Å². The average Bonchev–Trinajstić information content (AvgIpc) is 3.13. The average molecular weight is 461 g/mol. The zero-order chi connectivity index (χ0) is 22.4. The molecule has 6 nitrogen and oxygen atoms in total. The van der Waals surface area contributed by atoms with E-state index in [1.54, 1.807) is 12.1 Å². The Morgan fingerprint density at radius 2 is 1.90 bits per heavy atom. The fourth-order valence-corrected chi connectivity index (χ4v) is 3.82. The molecule has 2 aromatic carbocycles. The monoisotopic (exact) mass is 460 g/mol. The number of nitrogens with zero attached hydrogens (tertiary/aromatic N) is 1. The number of amides is 2. The Morgan fingerprint density at radius 1 is 1.13 bits per heavy atom. The minimum absolute atomic E-state index is 0.211. The number of H-pyrrole nitrogens is 1. The molecule has 31 heavy (non-hydrogen) atoms. The van der Waals surface area contributed by atoms with Crippen molar-refractivity contribution >= 4 is 46.0 Å². The van der Waals surface area contributed by atoms with Gasteiger partial charge in [0.05, 0.1) is 21.6 Å². The number of hydrogen-bond acceptors (Lipinski definition) is 3. The first kappa shape index (κ1) is 23.1. The second-order valence-corrected chi connectivity index (χ2v) is 8.72. The number of aryl methyl sites for hydroxylation is 1. The highest BCUT2D eigenvalue weighted by Crippen LogP contribution is 2.21. The van der Waals surface area contributed by atoms with E-state index < -0.39 is 11.9 Å². The van der Waals surface area contributed by atoms with Crippen molar-refractivity contribution in [1.29, 1.82) is 0 Å². The molecule has 1 unspecified atom stereocenters. The van der Waals surface area contributed by atoms with Gasteiger partial charge in [-0.05, 0) is 49.1 Å². The molecular weight excluding hydrogens is 435 g/mol. The first-order valence-electron chi connectivity index (χ1n) is 10.3. The number of fused-ring (bicyclic) bond motifs is 1. The maximum absolute atomic E-state index is 12.7. The Kier molecular flexibility index (Phi) is 7.93. The van der Waals surface area contributed by atoms with Gasteiger partial charge in [0.1, 0.15) is 11.9 Å². The van der Waals surface area contributed by atoms with Gasteiger partial charge in [-0.15, -0.1) is 0 Å². The van der Waals surface area contributed by atoms with E-state index in [9.17, 15) is 9.59 Å². The van der Waals surface area contributed by atoms with E-state index in [-0.39, 0.29) is 22.4 Å². The summed E-state index contributed by atoms with van der Waals surface area (Å²) in [6.45, 7) is 4.49. The molecule has 164 valence electrons. The van der Waals surface area contributed by atoms with Crippen molar-refractivity contribution in [3.63, 3.8) is 0 Å². The zero-order valence-electron chi connectivity index (χ0n) is 17.5. The van der Waals surface area contributed by atoms with Crippen LogP contribution in [0.15, 0.2) is 42.5 Å². The van der Waals surface area contributed by atoms with E-state index in [0.29, 0.717) is 18.0 Å². The number of imidazole rings is 1. The van der Waals surface area contributed by atoms with Crippen molar-refractivity contribution in [3.05, 3.63) is 63.9 Å². The minimum atomic E-state index is -0.648. The lowest BCUT2D eigenvalue weighted by Crippen LogP contribution is -2.47. The Labute approximate surface area is 191 Å². The number of carbonyl (C=O) groups is 2. The number of halogens is 2. The lowest BCUT2D eigenvalue weighted by atomic mass is 10.0. The van der Waals surface area contributed by atoms with Crippen LogP contribution < -0.4 is 10.6 Å². The molecule has 8 heteroatoms. The summed E-state index contributed by atoms with van der Waals surface area (Å²) in [4.78, 5) is 33.2. The number of rotatable bonds is 9. The predicted molar refractivity (Wildman–Crippen MR) is 125 cm³/mol. The molecule has 3 N–H and O–H groups in total. The molecule has 0 aliphatic rings. The van der Waals surface area contributed by atoms with Crippen LogP contribution >= 0.6 is 23.2 Å². The van der Waals surface area contributed by atoms with Gasteiger partial charge in [0.2, 0.25) is 5.91 Å². The van der Waals surface area contributed by atoms with Crippen molar-refractivity contribution in [2.75, 3.05) is 6.54 Å². The molecule has 0 radical (unpaired) electrons. The molecule has 1 aromatic heterocycles. The van der Waals surface area contributed by atoms with E-state index in [1.807, 2.05) is 38.1 Å². The zero-order valence-corrected chi connectivity index (χ0v) is 19.1. The van der Waals surface area contributed by atoms with Gasteiger partial charge in [0.25, 0.3) is 5.91 Å². The highest BCUT2D eigenvalue weighted by molar-refractivity contribution is 6.36. The Balaban J connectivity index is 1.54. The summed E-state index contributed by atoms with van der Waals surface area (Å²) >= 11 is 12.0. The molecule has 2 amide bonds. The lowest BCUT2D eigenvalue weighted by molar-refractivity contribution is -0.123. The van der Waals surface area contributed by atoms with Crippen LogP contribution in [0.1, 0.15) is 42.9 Å². The number of aromatic amines is 1. The van der Waals surface area contributed by atoms with Crippen LogP contribution in [0.3, 0.4) is 0 Å². The maximum atomic E-state index is 12.7. The third-order valence-electron chi connectivity index (χ3n) is 4.83. The molecule has 0 spiro atoms. The topological polar surface area (TPSA) is 86.9 Å². The molecule has 0 aliphatic heterocycles. The summed E-state index contributed by atoms with van der Waals surface area (Å²) in [7, 11) is 0. The molecule has 1 heterocycles. The van der Waals surface area contributed by atoms with Crippen LogP contribution in [0.2, 0.25) is 10.0 Å². The first-order valence-corrected chi connectivity index (χ1v) is 11.1. The maximum Gasteiger partial charge on any atom is 0.253 e. The number of hydrogen-bond donors (Lipinski definition) is 3. The van der Waals surface area contributed by atoms with Gasteiger partial charge < -0.3 is 15.6 Å². The van der Waals surface area contributed by atoms with E-state index in [2.05, 4.69) is 20.6 Å². The van der Waals surface area contributed by atoms with Crippen LogP contribution in [0.25, 0.3) is 11.0 Å². The quantitative estimate of drug-likeness (QED) is 0.402. The molecular formula is C23H26Cl2N4O2. The van der Waals surface area contributed by atoms with Crippen molar-refractivity contribution in [3.8, 4) is 0 Å². The Hall–Kier alpha value is -2.57. The van der Waals surface area contributed by atoms with Gasteiger partial charge in [-0.25, -0.2) is 4.98 Å². The molecule has 0 saturated carbocycles. The number of aromatic nitrogens is 2. The van der Waals surface area contributed by atoms with Crippen molar-refractivity contribution in [2.45, 2.75) is 39.2 Å². The van der Waals surface area contributed by atoms with Gasteiger partial charge in [-0.2, -0.15) is 0 Å². The SMILES string of the molecule is CC(C)CC(NC(=O)c1ccc(Cl)cc1Cl)C(=O)NCCCc1nc2ccccc2[nH]1. The molecule has 1 atom stereocenters. The summed E-state index contributed by atoms with van der Waals surface area (Å²) in [5.74, 6) is 0.508. The van der Waals surface area contributed by atoms with Gasteiger partial charge in [0, 0.05) is 18.0 Å². The highest BCUT2D eigenvalue weighted by atomic mass is 35.5. The highest BCUT2D eigenvalue weighted by Gasteiger charge is 2.23. The van der Waals surface area contributed by atoms with Gasteiger partial charge in [0.15, 0.2) is 0 Å². The number of nitrogens with one attached hydrogen (secondary N) is 3. The molecule has 0 aliphatic carbocycles. The van der Waals surface area contributed by atoms with E-state index >= 15 is 0 Å². The molecule has 0 bridgehead atoms. The summed E-state index contributed by atoms with van der Waals surface area (Å²) in [6.07, 6.45) is 1.97. The minimum Gasteiger partial charge on any atom is -0.354 e. The van der Waals surface area contributed by atoms with Gasteiger partial charge in [-0.1, -0.05) is 49.2 Å². The standard InChI is InChI=1S/C23H26Cl2N4O2/c1-14(2)12-20(29-22(30)16-10-9-15(24)13-17(16)25)23(31)26-11-5-8-21-27-18-6-3-4-7-19(18)28-21/h3-4,6-7,9-10,13-14,20H,5,8,11-12H2,1-2H3,(H,26,31)(H,27,28)(H,29,30). The summed E-state index contributed by atoms with van der Waals surface area (Å²) in [5, 5.41) is 6.42. The molecule has 0 fully saturated rings. The number of benzene rings is 2. The van der Waals surface area contributed by atoms with Crippen LogP contribution in [-0.4, -0.2) is 34.4 Å². The number of para-hydroxylation sites is 2. The van der Waals surface area contributed by atoms with Crippen LogP contribution in [0.4, 0.5) is 0 Å². The molecule has 3 rings (SSSR count). The number of carbonyl (C=O) groups excluding carboxylic acids is 2. The normalized spacial score (nSPS) is 12.2. The summed E-state index contributed by atoms with van der Waals surface area (Å²) < 4.78 is 0. The van der Waals surface area contributed by atoms with Crippen LogP contribution in [-0.2, 0) is 11.2 Å². The van der Waals surface area contributed by atoms with Crippen LogP contribution in [0.5, 0.6) is 0 Å². The van der Waals surface area contributed by atoms with Crippen molar-refractivity contribution in [2.24, 2.45) is 5.92 Å². The third kappa shape index (κ3) is 6.45. The second-order valence-electron chi connectivity index (χ2n) is 7.87. The predicted octanol–water partition coefficient (Wildman–Crippen LogP) is 4.76. The first-order chi connectivity index (χ1) is 14.8. The molecule has 3 aromatic rings. The summed E-state index contributed by atoms with van der Waals surface area (Å²) in [6, 6.07) is 11.9. The van der Waals surface area contributed by atoms with Crippen molar-refractivity contribution in [1.82, 2.24) is 20.6 Å². The lowest BCUT2D eigenvalue weighted by Gasteiger charge is -2.20. The second kappa shape index (κ2) is 10.6. The fraction of sp³-hybridized carbons (Fsp3) is 0.348. The van der Waals surface area contributed by atoms with Crippen molar-refractivity contribution < 1.29 is 9.59 Å². The van der Waals surface area contributed by atoms with Gasteiger partial charge >= 0.3 is 0 Å². The summed E-state index contributed by atoms with van der Waals surface area (Å²) in [5.41, 5.74) is 2.22. The largest absolute Gasteiger partial charge is 0.354 e. The Morgan fingerprint density at radius 3 is 2.61 bits per heavy atom. The van der Waals surface area contributed by atoms with Gasteiger partial charge in [-0.3, -0.25) is 9.59 Å².